The second kappa shape index (κ2) is 10.4. The standard InChI is InChI=1S/C17H16Br2N6S4/c18-10-3-4-11(19)9(7-10)2-1-8(5-12-20-14(26)24-15(27)21-12)6-13-22-16(28)25-17(29)23-13/h3-4,7-8H,1-2,5-6H2,(H2,20,21,24,26,27)(H2,22,23,25,28,29). The maximum Gasteiger partial charge on any atom is 0.200 e. The molecular formula is C17H16Br2N6S4. The molecule has 3 aromatic rings. The summed E-state index contributed by atoms with van der Waals surface area (Å²) in [5.41, 5.74) is 1.22. The number of H-pyrrole nitrogens is 4. The van der Waals surface area contributed by atoms with Crippen molar-refractivity contribution in [2.75, 3.05) is 0 Å². The molecular weight excluding hydrogens is 576 g/mol. The molecule has 0 saturated carbocycles. The van der Waals surface area contributed by atoms with E-state index in [-0.39, 0.29) is 5.92 Å². The zero-order chi connectivity index (χ0) is 21.0. The van der Waals surface area contributed by atoms with E-state index in [2.05, 4.69) is 67.8 Å². The lowest BCUT2D eigenvalue weighted by Crippen LogP contribution is -2.15. The number of benzene rings is 1. The van der Waals surface area contributed by atoms with Gasteiger partial charge < -0.3 is 19.9 Å². The predicted molar refractivity (Wildman–Crippen MR) is 130 cm³/mol. The van der Waals surface area contributed by atoms with Crippen LogP contribution in [0.1, 0.15) is 23.6 Å². The van der Waals surface area contributed by atoms with Crippen molar-refractivity contribution in [2.45, 2.75) is 25.7 Å². The first-order valence-electron chi connectivity index (χ1n) is 8.61. The third-order valence-electron chi connectivity index (χ3n) is 4.22. The highest BCUT2D eigenvalue weighted by Crippen LogP contribution is 2.25. The Labute approximate surface area is 204 Å². The van der Waals surface area contributed by atoms with Gasteiger partial charge in [0.15, 0.2) is 9.54 Å². The quantitative estimate of drug-likeness (QED) is 0.242. The van der Waals surface area contributed by atoms with Crippen molar-refractivity contribution in [1.82, 2.24) is 29.9 Å². The highest BCUT2D eigenvalue weighted by molar-refractivity contribution is 9.11. The van der Waals surface area contributed by atoms with Crippen LogP contribution < -0.4 is 0 Å². The van der Waals surface area contributed by atoms with Crippen LogP contribution in [0.15, 0.2) is 27.1 Å². The maximum atomic E-state index is 5.20. The molecule has 29 heavy (non-hydrogen) atoms. The van der Waals surface area contributed by atoms with Gasteiger partial charge in [0.25, 0.3) is 0 Å². The molecule has 0 atom stereocenters. The lowest BCUT2D eigenvalue weighted by atomic mass is 9.93. The molecule has 12 heteroatoms. The third-order valence-corrected chi connectivity index (χ3v) is 6.29. The molecule has 0 aliphatic heterocycles. The van der Waals surface area contributed by atoms with Gasteiger partial charge in [0.2, 0.25) is 9.54 Å². The summed E-state index contributed by atoms with van der Waals surface area (Å²) in [4.78, 5) is 20.6. The first-order chi connectivity index (χ1) is 13.8. The van der Waals surface area contributed by atoms with Gasteiger partial charge in [-0.15, -0.1) is 0 Å². The van der Waals surface area contributed by atoms with E-state index in [0.29, 0.717) is 31.9 Å². The molecule has 0 unspecified atom stereocenters. The maximum absolute atomic E-state index is 5.20. The number of nitrogens with zero attached hydrogens (tertiary/aromatic N) is 2. The van der Waals surface area contributed by atoms with E-state index in [9.17, 15) is 0 Å². The van der Waals surface area contributed by atoms with Crippen LogP contribution >= 0.6 is 80.7 Å². The number of halogens is 2. The number of hydrogen-bond acceptors (Lipinski definition) is 6. The molecule has 6 nitrogen and oxygen atoms in total. The third kappa shape index (κ3) is 7.07. The van der Waals surface area contributed by atoms with Crippen LogP contribution in [-0.4, -0.2) is 29.9 Å². The molecule has 2 aromatic heterocycles. The van der Waals surface area contributed by atoms with Gasteiger partial charge in [-0.3, -0.25) is 0 Å². The zero-order valence-corrected chi connectivity index (χ0v) is 21.4. The molecule has 0 saturated heterocycles. The Morgan fingerprint density at radius 1 is 0.828 bits per heavy atom. The Bertz CT molecular complexity index is 1120. The van der Waals surface area contributed by atoms with E-state index < -0.39 is 0 Å². The smallest absolute Gasteiger partial charge is 0.200 e. The van der Waals surface area contributed by atoms with Crippen LogP contribution in [0.3, 0.4) is 0 Å². The van der Waals surface area contributed by atoms with Gasteiger partial charge in [-0.1, -0.05) is 31.9 Å². The summed E-state index contributed by atoms with van der Waals surface area (Å²) in [6, 6.07) is 6.17. The average molecular weight is 592 g/mol. The zero-order valence-electron chi connectivity index (χ0n) is 14.9. The van der Waals surface area contributed by atoms with E-state index in [1.165, 1.54) is 5.56 Å². The van der Waals surface area contributed by atoms with Crippen LogP contribution in [0.4, 0.5) is 0 Å². The van der Waals surface area contributed by atoms with Crippen molar-refractivity contribution in [3.63, 3.8) is 0 Å². The number of hydrogen-bond donors (Lipinski definition) is 4. The number of aromatic amines is 4. The molecule has 2 heterocycles. The molecule has 0 aliphatic carbocycles. The van der Waals surface area contributed by atoms with Gasteiger partial charge in [-0.25, -0.2) is 9.97 Å². The van der Waals surface area contributed by atoms with Crippen molar-refractivity contribution in [3.05, 3.63) is 63.4 Å². The molecule has 0 radical (unpaired) electrons. The van der Waals surface area contributed by atoms with E-state index in [4.69, 9.17) is 48.9 Å². The summed E-state index contributed by atoms with van der Waals surface area (Å²) in [5.74, 6) is 1.71. The fourth-order valence-electron chi connectivity index (χ4n) is 2.99. The molecule has 3 rings (SSSR count). The summed E-state index contributed by atoms with van der Waals surface area (Å²) in [5, 5.41) is 0. The second-order valence-corrected chi connectivity index (χ2v) is 9.79. The molecule has 0 amide bonds. The summed E-state index contributed by atoms with van der Waals surface area (Å²) >= 11 is 27.9. The Balaban J connectivity index is 1.86. The minimum atomic E-state index is 0.214. The molecule has 4 N–H and O–H groups in total. The Kier molecular flexibility index (Phi) is 8.16. The number of rotatable bonds is 7. The first-order valence-corrected chi connectivity index (χ1v) is 11.8. The van der Waals surface area contributed by atoms with Gasteiger partial charge in [-0.05, 0) is 91.4 Å². The molecule has 152 valence electrons. The fourth-order valence-corrected chi connectivity index (χ4v) is 4.82. The van der Waals surface area contributed by atoms with E-state index in [1.54, 1.807) is 0 Å². The molecule has 0 spiro atoms. The van der Waals surface area contributed by atoms with Crippen LogP contribution in [0.5, 0.6) is 0 Å². The van der Waals surface area contributed by atoms with Crippen molar-refractivity contribution < 1.29 is 0 Å². The Morgan fingerprint density at radius 3 is 1.90 bits per heavy atom. The minimum Gasteiger partial charge on any atom is -0.321 e. The summed E-state index contributed by atoms with van der Waals surface area (Å²) in [6.07, 6.45) is 3.12. The summed E-state index contributed by atoms with van der Waals surface area (Å²) in [6.45, 7) is 0. The molecule has 0 fully saturated rings. The summed E-state index contributed by atoms with van der Waals surface area (Å²) in [7, 11) is 0. The van der Waals surface area contributed by atoms with Crippen molar-refractivity contribution in [2.24, 2.45) is 5.92 Å². The molecule has 0 bridgehead atoms. The van der Waals surface area contributed by atoms with E-state index >= 15 is 0 Å². The van der Waals surface area contributed by atoms with Gasteiger partial charge in [0, 0.05) is 21.8 Å². The van der Waals surface area contributed by atoms with Crippen molar-refractivity contribution in [1.29, 1.82) is 0 Å². The average Bonchev–Trinajstić information content (AvgIpc) is 2.60. The number of aryl methyl sites for hydroxylation is 1. The SMILES string of the molecule is S=c1nc(CC(CCc2cc(Br)ccc2Br)Cc2nc(=S)[nH]c(=S)[nH]2)[nH]c(=S)[nH]1. The fraction of sp³-hybridized carbons (Fsp3) is 0.294. The van der Waals surface area contributed by atoms with Gasteiger partial charge >= 0.3 is 0 Å². The van der Waals surface area contributed by atoms with Gasteiger partial charge in [0.05, 0.1) is 0 Å². The monoisotopic (exact) mass is 590 g/mol. The van der Waals surface area contributed by atoms with Crippen molar-refractivity contribution >= 4 is 80.7 Å². The Morgan fingerprint density at radius 2 is 1.38 bits per heavy atom. The van der Waals surface area contributed by atoms with Crippen LogP contribution in [0, 0.1) is 25.0 Å². The van der Waals surface area contributed by atoms with Crippen LogP contribution in [-0.2, 0) is 19.3 Å². The second-order valence-electron chi connectivity index (χ2n) is 6.43. The van der Waals surface area contributed by atoms with Crippen molar-refractivity contribution in [3.8, 4) is 0 Å². The van der Waals surface area contributed by atoms with Gasteiger partial charge in [0.1, 0.15) is 11.6 Å². The van der Waals surface area contributed by atoms with E-state index in [1.807, 2.05) is 12.1 Å². The van der Waals surface area contributed by atoms with Crippen LogP contribution in [0.25, 0.3) is 0 Å². The minimum absolute atomic E-state index is 0.214. The first kappa shape index (κ1) is 22.8. The number of aromatic nitrogens is 6. The highest BCUT2D eigenvalue weighted by atomic mass is 79.9. The lowest BCUT2D eigenvalue weighted by molar-refractivity contribution is 0.456. The largest absolute Gasteiger partial charge is 0.321 e. The van der Waals surface area contributed by atoms with E-state index in [0.717, 1.165) is 33.4 Å². The number of nitrogens with one attached hydrogen (secondary N) is 4. The lowest BCUT2D eigenvalue weighted by Gasteiger charge is -2.17. The van der Waals surface area contributed by atoms with Crippen LogP contribution in [0.2, 0.25) is 0 Å². The predicted octanol–water partition coefficient (Wildman–Crippen LogP) is 6.27. The molecule has 0 aliphatic rings. The summed E-state index contributed by atoms with van der Waals surface area (Å²) < 4.78 is 3.81. The topological polar surface area (TPSA) is 88.9 Å². The molecule has 1 aromatic carbocycles. The normalized spacial score (nSPS) is 11.1. The highest BCUT2D eigenvalue weighted by Gasteiger charge is 2.15. The Hall–Kier alpha value is -0.920. The van der Waals surface area contributed by atoms with Gasteiger partial charge in [-0.2, -0.15) is 0 Å².